The maximum Gasteiger partial charge on any atom is 0.234 e. The normalized spacial score (nSPS) is 12.2. The van der Waals surface area contributed by atoms with Crippen molar-refractivity contribution < 1.29 is 9.53 Å². The van der Waals surface area contributed by atoms with Gasteiger partial charge >= 0.3 is 0 Å². The van der Waals surface area contributed by atoms with Crippen molar-refractivity contribution in [3.8, 4) is 5.75 Å². The molecular formula is C16H26N2O2. The van der Waals surface area contributed by atoms with Gasteiger partial charge in [0.1, 0.15) is 5.75 Å². The standard InChI is InChI=1S/C16H26N2O2/c1-5-20-15-8-6-7-14(9-15)10-17-11-16(19)18-13(4)12(2)3/h6-9,12-13,17H,5,10-11H2,1-4H3,(H,18,19). The van der Waals surface area contributed by atoms with Crippen molar-refractivity contribution in [2.45, 2.75) is 40.3 Å². The fourth-order valence-electron chi connectivity index (χ4n) is 1.70. The van der Waals surface area contributed by atoms with E-state index in [0.29, 0.717) is 25.6 Å². The Morgan fingerprint density at radius 2 is 2.05 bits per heavy atom. The van der Waals surface area contributed by atoms with E-state index in [4.69, 9.17) is 4.74 Å². The first-order valence-electron chi connectivity index (χ1n) is 7.24. The van der Waals surface area contributed by atoms with Crippen LogP contribution in [0, 0.1) is 5.92 Å². The van der Waals surface area contributed by atoms with Gasteiger partial charge in [-0.3, -0.25) is 4.79 Å². The van der Waals surface area contributed by atoms with Crippen LogP contribution in [-0.4, -0.2) is 25.1 Å². The zero-order valence-electron chi connectivity index (χ0n) is 12.9. The highest BCUT2D eigenvalue weighted by Gasteiger charge is 2.10. The first-order valence-corrected chi connectivity index (χ1v) is 7.24. The van der Waals surface area contributed by atoms with Crippen LogP contribution in [0.1, 0.15) is 33.3 Å². The number of ether oxygens (including phenoxy) is 1. The molecule has 0 spiro atoms. The van der Waals surface area contributed by atoms with Crippen molar-refractivity contribution in [3.05, 3.63) is 29.8 Å². The van der Waals surface area contributed by atoms with E-state index < -0.39 is 0 Å². The Balaban J connectivity index is 2.33. The van der Waals surface area contributed by atoms with E-state index in [9.17, 15) is 4.79 Å². The molecule has 0 saturated carbocycles. The van der Waals surface area contributed by atoms with Gasteiger partial charge < -0.3 is 15.4 Å². The molecule has 0 radical (unpaired) electrons. The van der Waals surface area contributed by atoms with Crippen LogP contribution in [0.4, 0.5) is 0 Å². The number of carbonyl (C=O) groups excluding carboxylic acids is 1. The number of nitrogens with one attached hydrogen (secondary N) is 2. The third kappa shape index (κ3) is 6.06. The minimum atomic E-state index is 0.0344. The molecule has 0 aromatic heterocycles. The molecule has 0 aliphatic carbocycles. The number of hydrogen-bond donors (Lipinski definition) is 2. The minimum absolute atomic E-state index is 0.0344. The summed E-state index contributed by atoms with van der Waals surface area (Å²) in [5, 5.41) is 6.12. The van der Waals surface area contributed by atoms with Crippen LogP contribution >= 0.6 is 0 Å². The van der Waals surface area contributed by atoms with E-state index in [1.807, 2.05) is 38.1 Å². The van der Waals surface area contributed by atoms with E-state index in [2.05, 4.69) is 24.5 Å². The van der Waals surface area contributed by atoms with Gasteiger partial charge in [0.2, 0.25) is 5.91 Å². The molecule has 4 heteroatoms. The average Bonchev–Trinajstić information content (AvgIpc) is 2.39. The van der Waals surface area contributed by atoms with Crippen LogP contribution in [-0.2, 0) is 11.3 Å². The van der Waals surface area contributed by atoms with Gasteiger partial charge in [-0.15, -0.1) is 0 Å². The molecule has 0 bridgehead atoms. The molecule has 1 amide bonds. The lowest BCUT2D eigenvalue weighted by atomic mass is 10.1. The van der Waals surface area contributed by atoms with Crippen LogP contribution in [0.2, 0.25) is 0 Å². The highest BCUT2D eigenvalue weighted by molar-refractivity contribution is 5.78. The Morgan fingerprint density at radius 3 is 2.70 bits per heavy atom. The zero-order chi connectivity index (χ0) is 15.0. The molecule has 0 aliphatic rings. The van der Waals surface area contributed by atoms with Gasteiger partial charge in [-0.25, -0.2) is 0 Å². The van der Waals surface area contributed by atoms with Gasteiger partial charge in [0.05, 0.1) is 13.2 Å². The fraction of sp³-hybridized carbons (Fsp3) is 0.562. The summed E-state index contributed by atoms with van der Waals surface area (Å²) in [6.07, 6.45) is 0. The van der Waals surface area contributed by atoms with Crippen LogP contribution in [0.15, 0.2) is 24.3 Å². The second-order valence-electron chi connectivity index (χ2n) is 5.28. The number of amides is 1. The Morgan fingerprint density at radius 1 is 1.30 bits per heavy atom. The average molecular weight is 278 g/mol. The van der Waals surface area contributed by atoms with E-state index in [-0.39, 0.29) is 11.9 Å². The van der Waals surface area contributed by atoms with Gasteiger partial charge in [0.15, 0.2) is 0 Å². The van der Waals surface area contributed by atoms with E-state index in [0.717, 1.165) is 11.3 Å². The van der Waals surface area contributed by atoms with Crippen LogP contribution < -0.4 is 15.4 Å². The van der Waals surface area contributed by atoms with Crippen molar-refractivity contribution >= 4 is 5.91 Å². The SMILES string of the molecule is CCOc1cccc(CNCC(=O)NC(C)C(C)C)c1. The summed E-state index contributed by atoms with van der Waals surface area (Å²) >= 11 is 0. The van der Waals surface area contributed by atoms with Crippen molar-refractivity contribution in [3.63, 3.8) is 0 Å². The summed E-state index contributed by atoms with van der Waals surface area (Å²) in [6, 6.07) is 8.10. The van der Waals surface area contributed by atoms with Gasteiger partial charge in [-0.2, -0.15) is 0 Å². The third-order valence-electron chi connectivity index (χ3n) is 3.21. The zero-order valence-corrected chi connectivity index (χ0v) is 12.9. The van der Waals surface area contributed by atoms with Gasteiger partial charge in [-0.1, -0.05) is 26.0 Å². The first kappa shape index (κ1) is 16.5. The molecule has 0 saturated heterocycles. The molecule has 1 rings (SSSR count). The molecule has 1 aromatic carbocycles. The van der Waals surface area contributed by atoms with E-state index in [1.54, 1.807) is 0 Å². The summed E-state index contributed by atoms with van der Waals surface area (Å²) in [7, 11) is 0. The number of carbonyl (C=O) groups is 1. The summed E-state index contributed by atoms with van der Waals surface area (Å²) in [5.74, 6) is 1.35. The van der Waals surface area contributed by atoms with Gasteiger partial charge in [0, 0.05) is 12.6 Å². The molecule has 0 fully saturated rings. The quantitative estimate of drug-likeness (QED) is 0.767. The van der Waals surface area contributed by atoms with E-state index in [1.165, 1.54) is 0 Å². The Kier molecular flexibility index (Phi) is 7.09. The molecule has 1 aromatic rings. The van der Waals surface area contributed by atoms with Gasteiger partial charge in [-0.05, 0) is 37.5 Å². The highest BCUT2D eigenvalue weighted by atomic mass is 16.5. The predicted molar refractivity (Wildman–Crippen MR) is 81.8 cm³/mol. The summed E-state index contributed by atoms with van der Waals surface area (Å²) in [4.78, 5) is 11.7. The third-order valence-corrected chi connectivity index (χ3v) is 3.21. The van der Waals surface area contributed by atoms with Crippen molar-refractivity contribution in [1.29, 1.82) is 0 Å². The Hall–Kier alpha value is -1.55. The maximum absolute atomic E-state index is 11.7. The summed E-state index contributed by atoms with van der Waals surface area (Å²) < 4.78 is 5.45. The highest BCUT2D eigenvalue weighted by Crippen LogP contribution is 2.12. The van der Waals surface area contributed by atoms with Crippen molar-refractivity contribution in [2.75, 3.05) is 13.2 Å². The van der Waals surface area contributed by atoms with Crippen LogP contribution in [0.5, 0.6) is 5.75 Å². The molecule has 20 heavy (non-hydrogen) atoms. The smallest absolute Gasteiger partial charge is 0.234 e. The second-order valence-corrected chi connectivity index (χ2v) is 5.28. The molecule has 1 atom stereocenters. The molecule has 4 nitrogen and oxygen atoms in total. The van der Waals surface area contributed by atoms with E-state index >= 15 is 0 Å². The van der Waals surface area contributed by atoms with Crippen LogP contribution in [0.25, 0.3) is 0 Å². The molecule has 0 heterocycles. The molecule has 1 unspecified atom stereocenters. The van der Waals surface area contributed by atoms with Gasteiger partial charge in [0.25, 0.3) is 0 Å². The lowest BCUT2D eigenvalue weighted by Gasteiger charge is -2.17. The maximum atomic E-state index is 11.7. The Labute approximate surface area is 121 Å². The largest absolute Gasteiger partial charge is 0.494 e. The van der Waals surface area contributed by atoms with Crippen LogP contribution in [0.3, 0.4) is 0 Å². The first-order chi connectivity index (χ1) is 9.52. The van der Waals surface area contributed by atoms with Crippen molar-refractivity contribution in [2.24, 2.45) is 5.92 Å². The topological polar surface area (TPSA) is 50.4 Å². The summed E-state index contributed by atoms with van der Waals surface area (Å²) in [6.45, 7) is 9.82. The predicted octanol–water partition coefficient (Wildman–Crippen LogP) is 2.34. The molecular weight excluding hydrogens is 252 g/mol. The number of rotatable bonds is 8. The molecule has 2 N–H and O–H groups in total. The van der Waals surface area contributed by atoms with Crippen molar-refractivity contribution in [1.82, 2.24) is 10.6 Å². The monoisotopic (exact) mass is 278 g/mol. The summed E-state index contributed by atoms with van der Waals surface area (Å²) in [5.41, 5.74) is 1.11. The Bertz CT molecular complexity index is 419. The lowest BCUT2D eigenvalue weighted by Crippen LogP contribution is -2.41. The number of hydrogen-bond acceptors (Lipinski definition) is 3. The fourth-order valence-corrected chi connectivity index (χ4v) is 1.70. The minimum Gasteiger partial charge on any atom is -0.494 e. The second kappa shape index (κ2) is 8.59. The molecule has 112 valence electrons. The number of benzene rings is 1. The lowest BCUT2D eigenvalue weighted by molar-refractivity contribution is -0.121. The molecule has 0 aliphatic heterocycles.